The van der Waals surface area contributed by atoms with Crippen molar-refractivity contribution >= 4 is 5.91 Å². The molecule has 3 rings (SSSR count). The molecule has 1 aliphatic heterocycles. The van der Waals surface area contributed by atoms with Crippen LogP contribution in [0.3, 0.4) is 0 Å². The summed E-state index contributed by atoms with van der Waals surface area (Å²) >= 11 is 0. The summed E-state index contributed by atoms with van der Waals surface area (Å²) in [5, 5.41) is 0. The Bertz CT molecular complexity index is 533. The molecule has 19 heavy (non-hydrogen) atoms. The second kappa shape index (κ2) is 5.31. The maximum atomic E-state index is 12.6. The molecular weight excluding hydrogens is 238 g/mol. The third-order valence-corrected chi connectivity index (χ3v) is 3.66. The number of amides is 1. The second-order valence-electron chi connectivity index (χ2n) is 4.89. The van der Waals surface area contributed by atoms with E-state index in [9.17, 15) is 4.79 Å². The Balaban J connectivity index is 1.87. The normalized spacial score (nSPS) is 19.4. The van der Waals surface area contributed by atoms with E-state index in [4.69, 9.17) is 4.42 Å². The molecule has 0 saturated carbocycles. The Morgan fingerprint density at radius 1 is 1.11 bits per heavy atom. The molecule has 98 valence electrons. The molecule has 1 fully saturated rings. The number of benzene rings is 1. The minimum Gasteiger partial charge on any atom is -0.467 e. The molecule has 1 atom stereocenters. The van der Waals surface area contributed by atoms with Crippen LogP contribution in [0.1, 0.15) is 41.4 Å². The van der Waals surface area contributed by atoms with Gasteiger partial charge in [-0.1, -0.05) is 18.2 Å². The molecule has 0 unspecified atom stereocenters. The van der Waals surface area contributed by atoms with Gasteiger partial charge >= 0.3 is 0 Å². The molecule has 3 heteroatoms. The van der Waals surface area contributed by atoms with E-state index in [-0.39, 0.29) is 11.9 Å². The van der Waals surface area contributed by atoms with E-state index in [1.807, 2.05) is 47.4 Å². The number of nitrogens with zero attached hydrogens (tertiary/aromatic N) is 1. The molecule has 1 aromatic heterocycles. The summed E-state index contributed by atoms with van der Waals surface area (Å²) in [7, 11) is 0. The first kappa shape index (κ1) is 12.0. The number of piperidine rings is 1. The zero-order valence-corrected chi connectivity index (χ0v) is 10.8. The summed E-state index contributed by atoms with van der Waals surface area (Å²) in [5.41, 5.74) is 0.751. The van der Waals surface area contributed by atoms with Crippen LogP contribution in [0.2, 0.25) is 0 Å². The first-order valence-electron chi connectivity index (χ1n) is 6.75. The van der Waals surface area contributed by atoms with Gasteiger partial charge in [0.2, 0.25) is 0 Å². The summed E-state index contributed by atoms with van der Waals surface area (Å²) in [4.78, 5) is 14.5. The highest BCUT2D eigenvalue weighted by molar-refractivity contribution is 5.94. The van der Waals surface area contributed by atoms with Gasteiger partial charge in [-0.05, 0) is 43.5 Å². The van der Waals surface area contributed by atoms with Crippen LogP contribution in [0.5, 0.6) is 0 Å². The lowest BCUT2D eigenvalue weighted by Crippen LogP contribution is -2.38. The van der Waals surface area contributed by atoms with Gasteiger partial charge in [-0.25, -0.2) is 0 Å². The monoisotopic (exact) mass is 255 g/mol. The lowest BCUT2D eigenvalue weighted by Gasteiger charge is -2.34. The van der Waals surface area contributed by atoms with Crippen LogP contribution in [0.4, 0.5) is 0 Å². The molecule has 0 aliphatic carbocycles. The van der Waals surface area contributed by atoms with E-state index in [0.717, 1.165) is 37.1 Å². The van der Waals surface area contributed by atoms with Crippen LogP contribution < -0.4 is 0 Å². The highest BCUT2D eigenvalue weighted by Gasteiger charge is 2.30. The molecule has 1 amide bonds. The third-order valence-electron chi connectivity index (χ3n) is 3.66. The largest absolute Gasteiger partial charge is 0.467 e. The standard InChI is InChI=1S/C16H17NO2/c18-16(13-7-2-1-3-8-13)17-11-5-4-9-14(17)15-10-6-12-19-15/h1-3,6-8,10,12,14H,4-5,9,11H2/t14-/m1/s1. The Labute approximate surface area is 112 Å². The Hall–Kier alpha value is -2.03. The molecule has 3 nitrogen and oxygen atoms in total. The molecule has 1 saturated heterocycles. The van der Waals surface area contributed by atoms with Crippen LogP contribution in [0, 0.1) is 0 Å². The van der Waals surface area contributed by atoms with E-state index >= 15 is 0 Å². The van der Waals surface area contributed by atoms with Crippen LogP contribution in [-0.4, -0.2) is 17.4 Å². The topological polar surface area (TPSA) is 33.5 Å². The number of likely N-dealkylation sites (tertiary alicyclic amines) is 1. The summed E-state index contributed by atoms with van der Waals surface area (Å²) in [5.74, 6) is 0.991. The number of furan rings is 1. The van der Waals surface area contributed by atoms with E-state index in [0.29, 0.717) is 0 Å². The van der Waals surface area contributed by atoms with E-state index in [2.05, 4.69) is 0 Å². The predicted molar refractivity (Wildman–Crippen MR) is 72.8 cm³/mol. The molecule has 0 radical (unpaired) electrons. The van der Waals surface area contributed by atoms with Gasteiger partial charge in [0.1, 0.15) is 5.76 Å². The summed E-state index contributed by atoms with van der Waals surface area (Å²) in [6.45, 7) is 0.805. The van der Waals surface area contributed by atoms with Crippen molar-refractivity contribution in [2.24, 2.45) is 0 Å². The smallest absolute Gasteiger partial charge is 0.254 e. The third kappa shape index (κ3) is 2.41. The van der Waals surface area contributed by atoms with E-state index in [1.165, 1.54) is 0 Å². The highest BCUT2D eigenvalue weighted by Crippen LogP contribution is 2.32. The van der Waals surface area contributed by atoms with Crippen LogP contribution >= 0.6 is 0 Å². The molecule has 1 aromatic carbocycles. The fraction of sp³-hybridized carbons (Fsp3) is 0.312. The van der Waals surface area contributed by atoms with Gasteiger partial charge in [-0.2, -0.15) is 0 Å². The Morgan fingerprint density at radius 2 is 1.95 bits per heavy atom. The fourth-order valence-corrected chi connectivity index (χ4v) is 2.70. The minimum absolute atomic E-state index is 0.0801. The molecule has 1 aliphatic rings. The fourth-order valence-electron chi connectivity index (χ4n) is 2.70. The van der Waals surface area contributed by atoms with Crippen molar-refractivity contribution in [3.05, 3.63) is 60.1 Å². The molecule has 0 bridgehead atoms. The zero-order valence-electron chi connectivity index (χ0n) is 10.8. The van der Waals surface area contributed by atoms with Gasteiger partial charge in [0.15, 0.2) is 0 Å². The average molecular weight is 255 g/mol. The van der Waals surface area contributed by atoms with Gasteiger partial charge < -0.3 is 9.32 Å². The van der Waals surface area contributed by atoms with Crippen LogP contribution in [-0.2, 0) is 0 Å². The van der Waals surface area contributed by atoms with Crippen molar-refractivity contribution in [1.29, 1.82) is 0 Å². The van der Waals surface area contributed by atoms with Gasteiger partial charge in [0.05, 0.1) is 12.3 Å². The minimum atomic E-state index is 0.0801. The first-order valence-corrected chi connectivity index (χ1v) is 6.75. The number of rotatable bonds is 2. The number of hydrogen-bond donors (Lipinski definition) is 0. The highest BCUT2D eigenvalue weighted by atomic mass is 16.3. The molecule has 2 heterocycles. The second-order valence-corrected chi connectivity index (χ2v) is 4.89. The maximum absolute atomic E-state index is 12.6. The SMILES string of the molecule is O=C(c1ccccc1)N1CCCC[C@@H]1c1ccco1. The summed E-state index contributed by atoms with van der Waals surface area (Å²) < 4.78 is 5.50. The van der Waals surface area contributed by atoms with Crippen molar-refractivity contribution in [3.63, 3.8) is 0 Å². The van der Waals surface area contributed by atoms with Gasteiger partial charge in [-0.15, -0.1) is 0 Å². The number of carbonyl (C=O) groups is 1. The van der Waals surface area contributed by atoms with Crippen LogP contribution in [0.15, 0.2) is 53.1 Å². The molecule has 0 spiro atoms. The number of carbonyl (C=O) groups excluding carboxylic acids is 1. The van der Waals surface area contributed by atoms with Gasteiger partial charge in [0.25, 0.3) is 5.91 Å². The van der Waals surface area contributed by atoms with Crippen LogP contribution in [0.25, 0.3) is 0 Å². The van der Waals surface area contributed by atoms with Crippen molar-refractivity contribution in [2.75, 3.05) is 6.54 Å². The van der Waals surface area contributed by atoms with Crippen molar-refractivity contribution < 1.29 is 9.21 Å². The van der Waals surface area contributed by atoms with E-state index in [1.54, 1.807) is 6.26 Å². The van der Waals surface area contributed by atoms with Crippen molar-refractivity contribution in [2.45, 2.75) is 25.3 Å². The predicted octanol–water partition coefficient (Wildman–Crippen LogP) is 3.65. The van der Waals surface area contributed by atoms with Gasteiger partial charge in [-0.3, -0.25) is 4.79 Å². The number of hydrogen-bond acceptors (Lipinski definition) is 2. The Kier molecular flexibility index (Phi) is 3.36. The quantitative estimate of drug-likeness (QED) is 0.820. The summed E-state index contributed by atoms with van der Waals surface area (Å²) in [6, 6.07) is 13.4. The average Bonchev–Trinajstić information content (AvgIpc) is 3.01. The Morgan fingerprint density at radius 3 is 2.68 bits per heavy atom. The molecular formula is C16H17NO2. The first-order chi connectivity index (χ1) is 9.36. The van der Waals surface area contributed by atoms with E-state index < -0.39 is 0 Å². The van der Waals surface area contributed by atoms with Gasteiger partial charge in [0, 0.05) is 12.1 Å². The lowest BCUT2D eigenvalue weighted by atomic mass is 9.99. The molecule has 2 aromatic rings. The van der Waals surface area contributed by atoms with Crippen molar-refractivity contribution in [3.8, 4) is 0 Å². The van der Waals surface area contributed by atoms with Crippen molar-refractivity contribution in [1.82, 2.24) is 4.90 Å². The molecule has 0 N–H and O–H groups in total. The lowest BCUT2D eigenvalue weighted by molar-refractivity contribution is 0.0580. The zero-order chi connectivity index (χ0) is 13.1. The summed E-state index contributed by atoms with van der Waals surface area (Å²) in [6.07, 6.45) is 4.86. The maximum Gasteiger partial charge on any atom is 0.254 e.